The predicted octanol–water partition coefficient (Wildman–Crippen LogP) is -1.41. The van der Waals surface area contributed by atoms with Gasteiger partial charge in [0, 0.05) is 29.9 Å². The topological polar surface area (TPSA) is 230 Å². The van der Waals surface area contributed by atoms with Gasteiger partial charge in [-0.25, -0.2) is 4.79 Å². The van der Waals surface area contributed by atoms with E-state index in [1.165, 1.54) is 11.8 Å². The molecule has 0 aliphatic rings. The number of thioether (sulfide) groups is 1. The van der Waals surface area contributed by atoms with Crippen LogP contribution in [-0.2, 0) is 30.4 Å². The molecule has 0 saturated carbocycles. The zero-order chi connectivity index (χ0) is 28.2. The minimum Gasteiger partial charge on any atom is -0.480 e. The van der Waals surface area contributed by atoms with Crippen molar-refractivity contribution in [3.63, 3.8) is 0 Å². The van der Waals surface area contributed by atoms with E-state index in [0.717, 1.165) is 10.9 Å². The molecule has 38 heavy (non-hydrogen) atoms. The maximum absolute atomic E-state index is 13.2. The minimum absolute atomic E-state index is 0.00929. The highest BCUT2D eigenvalue weighted by Crippen LogP contribution is 2.19. The van der Waals surface area contributed by atoms with E-state index in [-0.39, 0.29) is 25.7 Å². The van der Waals surface area contributed by atoms with Gasteiger partial charge in [-0.1, -0.05) is 18.2 Å². The zero-order valence-corrected chi connectivity index (χ0v) is 21.8. The van der Waals surface area contributed by atoms with Crippen LogP contribution in [-0.4, -0.2) is 87.6 Å². The van der Waals surface area contributed by atoms with E-state index < -0.39 is 60.4 Å². The van der Waals surface area contributed by atoms with E-state index >= 15 is 0 Å². The molecule has 2 aromatic rings. The molecule has 13 nitrogen and oxygen atoms in total. The third-order valence-electron chi connectivity index (χ3n) is 5.81. The molecule has 1 heterocycles. The first kappa shape index (κ1) is 30.6. The van der Waals surface area contributed by atoms with Gasteiger partial charge in [0.2, 0.25) is 23.6 Å². The van der Waals surface area contributed by atoms with Crippen molar-refractivity contribution < 1.29 is 34.2 Å². The molecule has 4 unspecified atom stereocenters. The number of amides is 4. The molecule has 0 radical (unpaired) electrons. The van der Waals surface area contributed by atoms with Crippen LogP contribution in [0, 0.1) is 0 Å². The molecule has 10 N–H and O–H groups in total. The number of carboxylic acids is 1. The third kappa shape index (κ3) is 9.04. The first-order chi connectivity index (χ1) is 18.1. The van der Waals surface area contributed by atoms with Crippen molar-refractivity contribution in [3.05, 3.63) is 36.0 Å². The number of aromatic nitrogens is 1. The number of aliphatic carboxylic acids is 1. The molecule has 0 saturated heterocycles. The van der Waals surface area contributed by atoms with Crippen molar-refractivity contribution in [1.29, 1.82) is 0 Å². The number of carboxylic acid groups (broad SMARTS) is 1. The predicted molar refractivity (Wildman–Crippen MR) is 142 cm³/mol. The van der Waals surface area contributed by atoms with Crippen LogP contribution in [0.4, 0.5) is 0 Å². The molecule has 4 atom stereocenters. The number of rotatable bonds is 16. The summed E-state index contributed by atoms with van der Waals surface area (Å²) in [7, 11) is 0. The molecule has 0 aliphatic heterocycles. The summed E-state index contributed by atoms with van der Waals surface area (Å²) >= 11 is 1.41. The lowest BCUT2D eigenvalue weighted by molar-refractivity contribution is -0.142. The number of benzene rings is 1. The standard InChI is InChI=1S/C24H34N6O7S/c1-38-9-8-17(24(36)37)28-23(35)19(12-31)30-22(34)18(29-21(33)15(25)6-7-20(26)32)10-13-11-27-16-5-3-2-4-14(13)16/h2-5,11,15,17-19,27,31H,6-10,12,25H2,1H3,(H2,26,32)(H,28,35)(H,29,33)(H,30,34)(H,36,37). The molecule has 4 amide bonds. The number of hydrogen-bond acceptors (Lipinski definition) is 8. The van der Waals surface area contributed by atoms with Crippen molar-refractivity contribution in [3.8, 4) is 0 Å². The Labute approximate surface area is 223 Å². The van der Waals surface area contributed by atoms with Gasteiger partial charge in [-0.15, -0.1) is 0 Å². The largest absolute Gasteiger partial charge is 0.480 e. The SMILES string of the molecule is CSCCC(NC(=O)C(CO)NC(=O)C(Cc1c[nH]c2ccccc12)NC(=O)C(N)CCC(N)=O)C(=O)O. The fourth-order valence-corrected chi connectivity index (χ4v) is 4.14. The van der Waals surface area contributed by atoms with E-state index in [4.69, 9.17) is 11.5 Å². The molecule has 0 bridgehead atoms. The Morgan fingerprint density at radius 2 is 1.61 bits per heavy atom. The van der Waals surface area contributed by atoms with Crippen LogP contribution >= 0.6 is 11.8 Å². The number of hydrogen-bond donors (Lipinski definition) is 8. The van der Waals surface area contributed by atoms with E-state index in [0.29, 0.717) is 11.3 Å². The lowest BCUT2D eigenvalue weighted by Gasteiger charge is -2.24. The quantitative estimate of drug-likeness (QED) is 0.122. The summed E-state index contributed by atoms with van der Waals surface area (Å²) in [5.41, 5.74) is 12.5. The summed E-state index contributed by atoms with van der Waals surface area (Å²) in [6.07, 6.45) is 3.48. The summed E-state index contributed by atoms with van der Waals surface area (Å²) in [4.78, 5) is 64.2. The van der Waals surface area contributed by atoms with Gasteiger partial charge >= 0.3 is 5.97 Å². The number of nitrogens with two attached hydrogens (primary N) is 2. The summed E-state index contributed by atoms with van der Waals surface area (Å²) in [6, 6.07) is 2.32. The van der Waals surface area contributed by atoms with E-state index in [1.54, 1.807) is 12.5 Å². The fraction of sp³-hybridized carbons (Fsp3) is 0.458. The second-order valence-electron chi connectivity index (χ2n) is 8.66. The van der Waals surface area contributed by atoms with Gasteiger partial charge in [-0.05, 0) is 36.5 Å². The molecular formula is C24H34N6O7S. The van der Waals surface area contributed by atoms with Gasteiger partial charge in [0.15, 0.2) is 0 Å². The molecule has 1 aromatic heterocycles. The maximum Gasteiger partial charge on any atom is 0.326 e. The average Bonchev–Trinajstić information content (AvgIpc) is 3.29. The van der Waals surface area contributed by atoms with Crippen LogP contribution in [0.3, 0.4) is 0 Å². The molecule has 14 heteroatoms. The summed E-state index contributed by atoms with van der Waals surface area (Å²) in [5.74, 6) is -3.79. The van der Waals surface area contributed by atoms with Gasteiger partial charge < -0.3 is 42.6 Å². The van der Waals surface area contributed by atoms with Crippen molar-refractivity contribution in [1.82, 2.24) is 20.9 Å². The van der Waals surface area contributed by atoms with Crippen molar-refractivity contribution in [2.24, 2.45) is 11.5 Å². The Morgan fingerprint density at radius 3 is 2.24 bits per heavy atom. The summed E-state index contributed by atoms with van der Waals surface area (Å²) in [5, 5.41) is 27.2. The van der Waals surface area contributed by atoms with Crippen LogP contribution in [0.1, 0.15) is 24.8 Å². The number of aliphatic hydroxyl groups excluding tert-OH is 1. The highest BCUT2D eigenvalue weighted by atomic mass is 32.2. The molecule has 2 rings (SSSR count). The normalized spacial score (nSPS) is 14.2. The Hall–Kier alpha value is -3.62. The smallest absolute Gasteiger partial charge is 0.326 e. The number of primary amides is 1. The van der Waals surface area contributed by atoms with Gasteiger partial charge in [0.1, 0.15) is 18.1 Å². The number of fused-ring (bicyclic) bond motifs is 1. The zero-order valence-electron chi connectivity index (χ0n) is 20.9. The Morgan fingerprint density at radius 1 is 0.974 bits per heavy atom. The Balaban J connectivity index is 2.21. The number of para-hydroxylation sites is 1. The monoisotopic (exact) mass is 550 g/mol. The van der Waals surface area contributed by atoms with Crippen molar-refractivity contribution >= 4 is 52.3 Å². The molecule has 0 aliphatic carbocycles. The number of carbonyl (C=O) groups is 5. The summed E-state index contributed by atoms with van der Waals surface area (Å²) in [6.45, 7) is -0.807. The van der Waals surface area contributed by atoms with Gasteiger partial charge in [0.05, 0.1) is 12.6 Å². The highest BCUT2D eigenvalue weighted by Gasteiger charge is 2.30. The molecular weight excluding hydrogens is 516 g/mol. The number of carbonyl (C=O) groups excluding carboxylic acids is 4. The third-order valence-corrected chi connectivity index (χ3v) is 6.46. The molecule has 208 valence electrons. The first-order valence-electron chi connectivity index (χ1n) is 11.9. The first-order valence-corrected chi connectivity index (χ1v) is 13.3. The fourth-order valence-electron chi connectivity index (χ4n) is 3.67. The Bertz CT molecular complexity index is 1140. The van der Waals surface area contributed by atoms with E-state index in [9.17, 15) is 34.2 Å². The van der Waals surface area contributed by atoms with Crippen LogP contribution in [0.5, 0.6) is 0 Å². The number of H-pyrrole nitrogens is 1. The van der Waals surface area contributed by atoms with Crippen molar-refractivity contribution in [2.75, 3.05) is 18.6 Å². The van der Waals surface area contributed by atoms with Crippen LogP contribution in [0.25, 0.3) is 10.9 Å². The minimum atomic E-state index is -1.47. The number of nitrogens with one attached hydrogen (secondary N) is 4. The van der Waals surface area contributed by atoms with Gasteiger partial charge in [-0.2, -0.15) is 11.8 Å². The van der Waals surface area contributed by atoms with Gasteiger partial charge in [0.25, 0.3) is 0 Å². The van der Waals surface area contributed by atoms with Crippen LogP contribution < -0.4 is 27.4 Å². The van der Waals surface area contributed by atoms with Crippen LogP contribution in [0.2, 0.25) is 0 Å². The summed E-state index contributed by atoms with van der Waals surface area (Å²) < 4.78 is 0. The second-order valence-corrected chi connectivity index (χ2v) is 9.65. The molecule has 0 spiro atoms. The Kier molecular flexibility index (Phi) is 12.0. The lowest BCUT2D eigenvalue weighted by atomic mass is 10.0. The number of aliphatic hydroxyl groups is 1. The van der Waals surface area contributed by atoms with Crippen molar-refractivity contribution in [2.45, 2.75) is 49.9 Å². The average molecular weight is 551 g/mol. The highest BCUT2D eigenvalue weighted by molar-refractivity contribution is 7.98. The van der Waals surface area contributed by atoms with Gasteiger partial charge in [-0.3, -0.25) is 19.2 Å². The number of aromatic amines is 1. The van der Waals surface area contributed by atoms with Crippen LogP contribution in [0.15, 0.2) is 30.5 Å². The lowest BCUT2D eigenvalue weighted by Crippen LogP contribution is -2.58. The van der Waals surface area contributed by atoms with E-state index in [2.05, 4.69) is 20.9 Å². The molecule has 0 fully saturated rings. The maximum atomic E-state index is 13.2. The second kappa shape index (κ2) is 15.0. The molecule has 1 aromatic carbocycles. The van der Waals surface area contributed by atoms with E-state index in [1.807, 2.05) is 24.3 Å².